The lowest BCUT2D eigenvalue weighted by atomic mass is 9.96. The first-order chi connectivity index (χ1) is 8.50. The van der Waals surface area contributed by atoms with Crippen molar-refractivity contribution in [3.63, 3.8) is 0 Å². The summed E-state index contributed by atoms with van der Waals surface area (Å²) in [5.74, 6) is 1.02. The van der Waals surface area contributed by atoms with Crippen molar-refractivity contribution >= 4 is 16.7 Å². The van der Waals surface area contributed by atoms with Gasteiger partial charge in [-0.3, -0.25) is 0 Å². The molecule has 0 atom stereocenters. The molecule has 0 saturated heterocycles. The zero-order chi connectivity index (χ0) is 13.2. The zero-order valence-electron chi connectivity index (χ0n) is 11.4. The average Bonchev–Trinajstić information content (AvgIpc) is 2.72. The Morgan fingerprint density at radius 2 is 2.11 bits per heavy atom. The number of aromatic amines is 1. The third kappa shape index (κ3) is 2.82. The molecule has 1 aromatic heterocycles. The van der Waals surface area contributed by atoms with Crippen LogP contribution in [-0.4, -0.2) is 23.1 Å². The van der Waals surface area contributed by atoms with Crippen LogP contribution in [0.2, 0.25) is 0 Å². The van der Waals surface area contributed by atoms with Gasteiger partial charge in [0.15, 0.2) is 0 Å². The fourth-order valence-corrected chi connectivity index (χ4v) is 1.81. The molecule has 4 nitrogen and oxygen atoms in total. The molecule has 0 spiro atoms. The lowest BCUT2D eigenvalue weighted by Crippen LogP contribution is -2.12. The van der Waals surface area contributed by atoms with Crippen molar-refractivity contribution in [1.29, 1.82) is 0 Å². The van der Waals surface area contributed by atoms with Crippen LogP contribution in [-0.2, 0) is 5.41 Å². The van der Waals surface area contributed by atoms with E-state index in [2.05, 4.69) is 48.2 Å². The molecule has 0 fully saturated rings. The molecular weight excluding hydrogens is 224 g/mol. The molecular formula is C14H22N4. The molecule has 0 aliphatic rings. The van der Waals surface area contributed by atoms with Crippen molar-refractivity contribution in [3.8, 4) is 0 Å². The van der Waals surface area contributed by atoms with E-state index in [0.717, 1.165) is 35.5 Å². The predicted octanol–water partition coefficient (Wildman–Crippen LogP) is 2.62. The van der Waals surface area contributed by atoms with Gasteiger partial charge >= 0.3 is 0 Å². The van der Waals surface area contributed by atoms with Gasteiger partial charge in [0.1, 0.15) is 5.82 Å². The molecule has 18 heavy (non-hydrogen) atoms. The minimum atomic E-state index is 0.0478. The monoisotopic (exact) mass is 246 g/mol. The van der Waals surface area contributed by atoms with Gasteiger partial charge in [-0.2, -0.15) is 0 Å². The smallest absolute Gasteiger partial charge is 0.112 e. The Morgan fingerprint density at radius 3 is 2.78 bits per heavy atom. The second kappa shape index (κ2) is 4.98. The van der Waals surface area contributed by atoms with Gasteiger partial charge in [-0.25, -0.2) is 4.98 Å². The van der Waals surface area contributed by atoms with Crippen LogP contribution in [0.1, 0.15) is 33.0 Å². The van der Waals surface area contributed by atoms with Gasteiger partial charge in [0.25, 0.3) is 0 Å². The number of rotatable bonds is 4. The number of nitrogens with two attached hydrogens (primary N) is 1. The van der Waals surface area contributed by atoms with Crippen LogP contribution in [0.25, 0.3) is 11.0 Å². The molecule has 4 heteroatoms. The van der Waals surface area contributed by atoms with Crippen molar-refractivity contribution in [2.45, 2.75) is 32.6 Å². The highest BCUT2D eigenvalue weighted by Crippen LogP contribution is 2.24. The molecule has 1 heterocycles. The maximum Gasteiger partial charge on any atom is 0.112 e. The summed E-state index contributed by atoms with van der Waals surface area (Å²) in [6, 6.07) is 6.21. The van der Waals surface area contributed by atoms with Crippen LogP contribution in [0.15, 0.2) is 18.2 Å². The van der Waals surface area contributed by atoms with Crippen molar-refractivity contribution < 1.29 is 0 Å². The number of aromatic nitrogens is 2. The minimum Gasteiger partial charge on any atom is -0.385 e. The zero-order valence-corrected chi connectivity index (χ0v) is 11.4. The van der Waals surface area contributed by atoms with Gasteiger partial charge in [0.2, 0.25) is 0 Å². The van der Waals surface area contributed by atoms with Gasteiger partial charge in [-0.15, -0.1) is 0 Å². The highest BCUT2D eigenvalue weighted by molar-refractivity contribution is 5.79. The molecule has 0 bridgehead atoms. The van der Waals surface area contributed by atoms with Crippen LogP contribution in [0.4, 0.5) is 5.69 Å². The van der Waals surface area contributed by atoms with Crippen LogP contribution < -0.4 is 11.1 Å². The first kappa shape index (κ1) is 12.9. The maximum absolute atomic E-state index is 5.48. The number of imidazole rings is 1. The second-order valence-corrected chi connectivity index (χ2v) is 5.64. The molecule has 2 aromatic rings. The number of hydrogen-bond donors (Lipinski definition) is 3. The number of benzene rings is 1. The average molecular weight is 246 g/mol. The Bertz CT molecular complexity index is 522. The molecule has 4 N–H and O–H groups in total. The van der Waals surface area contributed by atoms with E-state index in [1.54, 1.807) is 0 Å². The van der Waals surface area contributed by atoms with Gasteiger partial charge < -0.3 is 16.0 Å². The standard InChI is InChI=1S/C14H22N4/c1-14(2,3)13-17-11-6-5-10(9-12(11)18-13)16-8-4-7-15/h5-6,9,16H,4,7-8,15H2,1-3H3,(H,17,18). The summed E-state index contributed by atoms with van der Waals surface area (Å²) < 4.78 is 0. The Balaban J connectivity index is 2.23. The fourth-order valence-electron chi connectivity index (χ4n) is 1.81. The number of anilines is 1. The summed E-state index contributed by atoms with van der Waals surface area (Å²) >= 11 is 0. The van der Waals surface area contributed by atoms with E-state index in [1.165, 1.54) is 0 Å². The topological polar surface area (TPSA) is 66.7 Å². The Labute approximate surface area is 108 Å². The van der Waals surface area contributed by atoms with Gasteiger partial charge in [-0.1, -0.05) is 20.8 Å². The third-order valence-corrected chi connectivity index (χ3v) is 2.90. The summed E-state index contributed by atoms with van der Waals surface area (Å²) in [6.07, 6.45) is 0.980. The summed E-state index contributed by atoms with van der Waals surface area (Å²) in [7, 11) is 0. The summed E-state index contributed by atoms with van der Waals surface area (Å²) in [5, 5.41) is 3.36. The van der Waals surface area contributed by atoms with E-state index in [4.69, 9.17) is 5.73 Å². The first-order valence-corrected chi connectivity index (χ1v) is 6.45. The summed E-state index contributed by atoms with van der Waals surface area (Å²) in [6.45, 7) is 8.09. The van der Waals surface area contributed by atoms with Crippen molar-refractivity contribution in [2.24, 2.45) is 5.73 Å². The molecule has 98 valence electrons. The SMILES string of the molecule is CC(C)(C)c1nc2ccc(NCCCN)cc2[nH]1. The molecule has 1 aromatic carbocycles. The Hall–Kier alpha value is -1.55. The van der Waals surface area contributed by atoms with Crippen LogP contribution in [0, 0.1) is 0 Å². The summed E-state index contributed by atoms with van der Waals surface area (Å²) in [4.78, 5) is 8.01. The summed E-state index contributed by atoms with van der Waals surface area (Å²) in [5.41, 5.74) is 8.74. The largest absolute Gasteiger partial charge is 0.385 e. The molecule has 0 radical (unpaired) electrons. The fraction of sp³-hybridized carbons (Fsp3) is 0.500. The number of nitrogens with one attached hydrogen (secondary N) is 2. The van der Waals surface area contributed by atoms with Gasteiger partial charge in [0.05, 0.1) is 11.0 Å². The van der Waals surface area contributed by atoms with E-state index >= 15 is 0 Å². The molecule has 0 unspecified atom stereocenters. The molecule has 2 rings (SSSR count). The number of H-pyrrole nitrogens is 1. The Morgan fingerprint density at radius 1 is 1.33 bits per heavy atom. The van der Waals surface area contributed by atoms with E-state index < -0.39 is 0 Å². The predicted molar refractivity (Wildman–Crippen MR) is 77.0 cm³/mol. The van der Waals surface area contributed by atoms with E-state index in [0.29, 0.717) is 6.54 Å². The van der Waals surface area contributed by atoms with Crippen molar-refractivity contribution in [2.75, 3.05) is 18.4 Å². The number of fused-ring (bicyclic) bond motifs is 1. The van der Waals surface area contributed by atoms with Gasteiger partial charge in [0, 0.05) is 17.6 Å². The number of hydrogen-bond acceptors (Lipinski definition) is 3. The minimum absolute atomic E-state index is 0.0478. The lowest BCUT2D eigenvalue weighted by Gasteiger charge is -2.13. The van der Waals surface area contributed by atoms with Crippen LogP contribution in [0.5, 0.6) is 0 Å². The Kier molecular flexibility index (Phi) is 3.57. The molecule has 0 aliphatic carbocycles. The number of nitrogens with zero attached hydrogens (tertiary/aromatic N) is 1. The van der Waals surface area contributed by atoms with Crippen molar-refractivity contribution in [1.82, 2.24) is 9.97 Å². The molecule has 0 saturated carbocycles. The second-order valence-electron chi connectivity index (χ2n) is 5.64. The van der Waals surface area contributed by atoms with Crippen LogP contribution in [0.3, 0.4) is 0 Å². The van der Waals surface area contributed by atoms with Gasteiger partial charge in [-0.05, 0) is 31.2 Å². The van der Waals surface area contributed by atoms with E-state index in [1.807, 2.05) is 6.07 Å². The normalized spacial score (nSPS) is 12.0. The van der Waals surface area contributed by atoms with Crippen molar-refractivity contribution in [3.05, 3.63) is 24.0 Å². The molecule has 0 amide bonds. The lowest BCUT2D eigenvalue weighted by molar-refractivity contribution is 0.554. The van der Waals surface area contributed by atoms with E-state index in [-0.39, 0.29) is 5.41 Å². The highest BCUT2D eigenvalue weighted by atomic mass is 14.9. The third-order valence-electron chi connectivity index (χ3n) is 2.90. The maximum atomic E-state index is 5.48. The van der Waals surface area contributed by atoms with E-state index in [9.17, 15) is 0 Å². The molecule has 0 aliphatic heterocycles. The highest BCUT2D eigenvalue weighted by Gasteiger charge is 2.18. The van der Waals surface area contributed by atoms with Crippen LogP contribution >= 0.6 is 0 Å². The first-order valence-electron chi connectivity index (χ1n) is 6.45. The quantitative estimate of drug-likeness (QED) is 0.726.